The molecule has 0 saturated carbocycles. The Morgan fingerprint density at radius 3 is 2.00 bits per heavy atom. The van der Waals surface area contributed by atoms with Crippen molar-refractivity contribution in [3.63, 3.8) is 0 Å². The van der Waals surface area contributed by atoms with Crippen molar-refractivity contribution in [3.05, 3.63) is 0 Å². The predicted octanol–water partition coefficient (Wildman–Crippen LogP) is 4.60. The minimum Gasteiger partial charge on any atom is -0.327 e. The topological polar surface area (TPSA) is 26.0 Å². The van der Waals surface area contributed by atoms with Gasteiger partial charge in [0.1, 0.15) is 0 Å². The van der Waals surface area contributed by atoms with E-state index >= 15 is 0 Å². The molecule has 0 aromatic heterocycles. The van der Waals surface area contributed by atoms with E-state index in [2.05, 4.69) is 34.6 Å². The zero-order valence-corrected chi connectivity index (χ0v) is 12.1. The van der Waals surface area contributed by atoms with Crippen LogP contribution in [0.3, 0.4) is 0 Å². The van der Waals surface area contributed by atoms with E-state index < -0.39 is 0 Å². The van der Waals surface area contributed by atoms with Crippen molar-refractivity contribution < 1.29 is 0 Å². The van der Waals surface area contributed by atoms with Crippen LogP contribution in [0.5, 0.6) is 0 Å². The van der Waals surface area contributed by atoms with Crippen LogP contribution in [0.2, 0.25) is 0 Å². The predicted molar refractivity (Wildman–Crippen MR) is 74.5 cm³/mol. The van der Waals surface area contributed by atoms with Gasteiger partial charge in [0, 0.05) is 6.04 Å². The first-order chi connectivity index (χ1) is 7.51. The van der Waals surface area contributed by atoms with Crippen molar-refractivity contribution in [2.75, 3.05) is 0 Å². The second-order valence-corrected chi connectivity index (χ2v) is 5.91. The summed E-state index contributed by atoms with van der Waals surface area (Å²) in [5.74, 6) is 2.37. The van der Waals surface area contributed by atoms with Crippen molar-refractivity contribution >= 4 is 0 Å². The molecule has 0 fully saturated rings. The van der Waals surface area contributed by atoms with E-state index in [4.69, 9.17) is 5.73 Å². The van der Waals surface area contributed by atoms with Crippen molar-refractivity contribution in [3.8, 4) is 0 Å². The zero-order chi connectivity index (χ0) is 12.6. The van der Waals surface area contributed by atoms with Gasteiger partial charge in [0.05, 0.1) is 0 Å². The maximum atomic E-state index is 6.32. The SMILES string of the molecule is CCC(C)CC(N)C(CC)CCCC(C)C. The smallest absolute Gasteiger partial charge is 0.00695 e. The van der Waals surface area contributed by atoms with Gasteiger partial charge in [-0.2, -0.15) is 0 Å². The fraction of sp³-hybridized carbons (Fsp3) is 1.00. The summed E-state index contributed by atoms with van der Waals surface area (Å²) in [5, 5.41) is 0. The summed E-state index contributed by atoms with van der Waals surface area (Å²) in [5.41, 5.74) is 6.32. The molecule has 98 valence electrons. The molecule has 0 aromatic carbocycles. The molecule has 0 bridgehead atoms. The molecule has 0 aliphatic rings. The van der Waals surface area contributed by atoms with Crippen LogP contribution in [0, 0.1) is 17.8 Å². The Morgan fingerprint density at radius 1 is 0.938 bits per heavy atom. The van der Waals surface area contributed by atoms with E-state index in [0.717, 1.165) is 17.8 Å². The molecule has 0 rings (SSSR count). The number of hydrogen-bond donors (Lipinski definition) is 1. The molecule has 0 aliphatic heterocycles. The lowest BCUT2D eigenvalue weighted by atomic mass is 9.85. The summed E-state index contributed by atoms with van der Waals surface area (Å²) in [6.07, 6.45) is 7.74. The first-order valence-electron chi connectivity index (χ1n) is 7.26. The molecule has 0 aliphatic carbocycles. The van der Waals surface area contributed by atoms with E-state index in [1.165, 1.54) is 38.5 Å². The summed E-state index contributed by atoms with van der Waals surface area (Å²) < 4.78 is 0. The first-order valence-corrected chi connectivity index (χ1v) is 7.26. The fourth-order valence-electron chi connectivity index (χ4n) is 2.33. The lowest BCUT2D eigenvalue weighted by Gasteiger charge is -2.25. The summed E-state index contributed by atoms with van der Waals surface area (Å²) in [6.45, 7) is 11.5. The molecule has 2 N–H and O–H groups in total. The molecule has 0 saturated heterocycles. The highest BCUT2D eigenvalue weighted by Crippen LogP contribution is 2.22. The average Bonchev–Trinajstić information content (AvgIpc) is 2.23. The van der Waals surface area contributed by atoms with Crippen LogP contribution in [0.4, 0.5) is 0 Å². The maximum Gasteiger partial charge on any atom is 0.00695 e. The Bertz CT molecular complexity index is 154. The molecule has 0 aromatic rings. The normalized spacial score (nSPS) is 17.4. The molecular formula is C15H33N. The van der Waals surface area contributed by atoms with Crippen molar-refractivity contribution in [2.45, 2.75) is 79.2 Å². The van der Waals surface area contributed by atoms with Crippen LogP contribution in [0.15, 0.2) is 0 Å². The number of hydrogen-bond acceptors (Lipinski definition) is 1. The van der Waals surface area contributed by atoms with Gasteiger partial charge in [0.2, 0.25) is 0 Å². The van der Waals surface area contributed by atoms with E-state index in [-0.39, 0.29) is 0 Å². The van der Waals surface area contributed by atoms with Gasteiger partial charge in [0.15, 0.2) is 0 Å². The molecule has 0 amide bonds. The monoisotopic (exact) mass is 227 g/mol. The Kier molecular flexibility index (Phi) is 9.02. The zero-order valence-electron chi connectivity index (χ0n) is 12.1. The second-order valence-electron chi connectivity index (χ2n) is 5.91. The van der Waals surface area contributed by atoms with Crippen LogP contribution in [-0.4, -0.2) is 6.04 Å². The van der Waals surface area contributed by atoms with Crippen LogP contribution < -0.4 is 5.73 Å². The van der Waals surface area contributed by atoms with Gasteiger partial charge in [-0.05, 0) is 30.6 Å². The van der Waals surface area contributed by atoms with Crippen molar-refractivity contribution in [2.24, 2.45) is 23.5 Å². The van der Waals surface area contributed by atoms with E-state index in [1.54, 1.807) is 0 Å². The summed E-state index contributed by atoms with van der Waals surface area (Å²) >= 11 is 0. The summed E-state index contributed by atoms with van der Waals surface area (Å²) in [6, 6.07) is 0.423. The van der Waals surface area contributed by atoms with Gasteiger partial charge < -0.3 is 5.73 Å². The van der Waals surface area contributed by atoms with E-state index in [9.17, 15) is 0 Å². The highest BCUT2D eigenvalue weighted by atomic mass is 14.6. The third-order valence-corrected chi connectivity index (χ3v) is 3.86. The Labute approximate surface area is 103 Å². The summed E-state index contributed by atoms with van der Waals surface area (Å²) in [7, 11) is 0. The maximum absolute atomic E-state index is 6.32. The van der Waals surface area contributed by atoms with Gasteiger partial charge in [-0.1, -0.05) is 60.3 Å². The summed E-state index contributed by atoms with van der Waals surface area (Å²) in [4.78, 5) is 0. The largest absolute Gasteiger partial charge is 0.327 e. The highest BCUT2D eigenvalue weighted by Gasteiger charge is 2.17. The molecule has 0 heterocycles. The molecule has 3 unspecified atom stereocenters. The highest BCUT2D eigenvalue weighted by molar-refractivity contribution is 4.74. The first kappa shape index (κ1) is 16.0. The third kappa shape index (κ3) is 7.27. The standard InChI is InChI=1S/C15H33N/c1-6-13(5)11-15(16)14(7-2)10-8-9-12(3)4/h12-15H,6-11,16H2,1-5H3. The van der Waals surface area contributed by atoms with Crippen LogP contribution in [0.25, 0.3) is 0 Å². The number of nitrogens with two attached hydrogens (primary N) is 1. The van der Waals surface area contributed by atoms with Gasteiger partial charge in [-0.15, -0.1) is 0 Å². The Balaban J connectivity index is 3.87. The van der Waals surface area contributed by atoms with Crippen LogP contribution in [-0.2, 0) is 0 Å². The number of rotatable bonds is 9. The quantitative estimate of drug-likeness (QED) is 0.612. The lowest BCUT2D eigenvalue weighted by Crippen LogP contribution is -2.31. The van der Waals surface area contributed by atoms with E-state index in [0.29, 0.717) is 6.04 Å². The van der Waals surface area contributed by atoms with Gasteiger partial charge in [-0.25, -0.2) is 0 Å². The van der Waals surface area contributed by atoms with Crippen molar-refractivity contribution in [1.29, 1.82) is 0 Å². The molecule has 0 radical (unpaired) electrons. The Morgan fingerprint density at radius 2 is 1.56 bits per heavy atom. The minimum atomic E-state index is 0.423. The van der Waals surface area contributed by atoms with Gasteiger partial charge >= 0.3 is 0 Å². The second kappa shape index (κ2) is 9.04. The third-order valence-electron chi connectivity index (χ3n) is 3.86. The molecule has 1 nitrogen and oxygen atoms in total. The molecule has 1 heteroatoms. The van der Waals surface area contributed by atoms with Crippen LogP contribution >= 0.6 is 0 Å². The fourth-order valence-corrected chi connectivity index (χ4v) is 2.33. The van der Waals surface area contributed by atoms with E-state index in [1.807, 2.05) is 0 Å². The lowest BCUT2D eigenvalue weighted by molar-refractivity contribution is 0.310. The molecule has 0 spiro atoms. The molecule has 3 atom stereocenters. The van der Waals surface area contributed by atoms with Crippen LogP contribution in [0.1, 0.15) is 73.1 Å². The average molecular weight is 227 g/mol. The van der Waals surface area contributed by atoms with Crippen molar-refractivity contribution in [1.82, 2.24) is 0 Å². The van der Waals surface area contributed by atoms with Gasteiger partial charge in [-0.3, -0.25) is 0 Å². The Hall–Kier alpha value is -0.0400. The molecule has 16 heavy (non-hydrogen) atoms. The van der Waals surface area contributed by atoms with Gasteiger partial charge in [0.25, 0.3) is 0 Å². The minimum absolute atomic E-state index is 0.423. The molecular weight excluding hydrogens is 194 g/mol.